The number of amides is 1. The Hall–Kier alpha value is -3.21. The molecule has 24 heavy (non-hydrogen) atoms. The minimum Gasteiger partial charge on any atom is -0.318 e. The van der Waals surface area contributed by atoms with Crippen molar-refractivity contribution < 1.29 is 4.79 Å². The van der Waals surface area contributed by atoms with Gasteiger partial charge in [-0.1, -0.05) is 24.3 Å². The van der Waals surface area contributed by atoms with Gasteiger partial charge in [0, 0.05) is 28.8 Å². The van der Waals surface area contributed by atoms with Crippen LogP contribution in [0.25, 0.3) is 5.69 Å². The number of benzene rings is 1. The van der Waals surface area contributed by atoms with E-state index in [0.29, 0.717) is 5.69 Å². The molecule has 2 aromatic heterocycles. The lowest BCUT2D eigenvalue weighted by Gasteiger charge is -2.08. The lowest BCUT2D eigenvalue weighted by Crippen LogP contribution is -2.18. The summed E-state index contributed by atoms with van der Waals surface area (Å²) in [4.78, 5) is 15.9. The quantitative estimate of drug-likeness (QED) is 0.593. The monoisotopic (exact) mass is 318 g/mol. The first-order valence-corrected chi connectivity index (χ1v) is 7.65. The summed E-state index contributed by atoms with van der Waals surface area (Å²) in [6.07, 6.45) is 3.23. The highest BCUT2D eigenvalue weighted by atomic mass is 16.2. The molecule has 0 saturated carbocycles. The van der Waals surface area contributed by atoms with Gasteiger partial charge >= 0.3 is 0 Å². The topological polar surface area (TPSA) is 59.3 Å². The molecule has 0 bridgehead atoms. The van der Waals surface area contributed by atoms with Gasteiger partial charge in [-0.2, -0.15) is 5.10 Å². The van der Waals surface area contributed by atoms with Crippen LogP contribution in [-0.4, -0.2) is 21.7 Å². The first-order valence-electron chi connectivity index (χ1n) is 7.65. The zero-order valence-electron chi connectivity index (χ0n) is 13.6. The van der Waals surface area contributed by atoms with Crippen LogP contribution in [0.15, 0.2) is 65.9 Å². The molecule has 1 N–H and O–H groups in total. The van der Waals surface area contributed by atoms with Crippen molar-refractivity contribution in [2.24, 2.45) is 5.10 Å². The normalized spacial score (nSPS) is 10.9. The van der Waals surface area contributed by atoms with Crippen LogP contribution < -0.4 is 5.43 Å². The van der Waals surface area contributed by atoms with Gasteiger partial charge in [0.2, 0.25) is 0 Å². The standard InChI is InChI=1S/C19H18N4O/c1-14-12-16(15(2)23(14)17-8-4-3-5-9-17)13-21-22-19(24)18-10-6-7-11-20-18/h3-13H,1-2H3,(H,22,24)/b21-13+. The molecule has 0 unspecified atom stereocenters. The molecule has 5 nitrogen and oxygen atoms in total. The summed E-state index contributed by atoms with van der Waals surface area (Å²) in [5, 5.41) is 4.05. The zero-order chi connectivity index (χ0) is 16.9. The molecule has 1 aromatic carbocycles. The fraction of sp³-hybridized carbons (Fsp3) is 0.105. The highest BCUT2D eigenvalue weighted by Crippen LogP contribution is 2.19. The fourth-order valence-electron chi connectivity index (χ4n) is 2.61. The van der Waals surface area contributed by atoms with Crippen molar-refractivity contribution in [3.8, 4) is 5.69 Å². The predicted molar refractivity (Wildman–Crippen MR) is 94.5 cm³/mol. The molecule has 0 aliphatic heterocycles. The Morgan fingerprint density at radius 1 is 1.12 bits per heavy atom. The number of hydrogen-bond donors (Lipinski definition) is 1. The van der Waals surface area contributed by atoms with E-state index in [4.69, 9.17) is 0 Å². The van der Waals surface area contributed by atoms with Gasteiger partial charge in [-0.25, -0.2) is 5.43 Å². The number of para-hydroxylation sites is 1. The van der Waals surface area contributed by atoms with Gasteiger partial charge in [0.15, 0.2) is 0 Å². The summed E-state index contributed by atoms with van der Waals surface area (Å²) in [6, 6.07) is 17.3. The van der Waals surface area contributed by atoms with E-state index >= 15 is 0 Å². The number of nitrogens with zero attached hydrogens (tertiary/aromatic N) is 3. The summed E-state index contributed by atoms with van der Waals surface area (Å²) < 4.78 is 2.15. The number of hydrazone groups is 1. The minimum absolute atomic E-state index is 0.330. The SMILES string of the molecule is Cc1cc(/C=N/NC(=O)c2ccccn2)c(C)n1-c1ccccc1. The summed E-state index contributed by atoms with van der Waals surface area (Å²) in [7, 11) is 0. The molecule has 0 aliphatic rings. The molecule has 0 fully saturated rings. The summed E-state index contributed by atoms with van der Waals surface area (Å²) >= 11 is 0. The Labute approximate surface area is 140 Å². The highest BCUT2D eigenvalue weighted by molar-refractivity contribution is 5.93. The Kier molecular flexibility index (Phi) is 4.52. The number of carbonyl (C=O) groups excluding carboxylic acids is 1. The molecule has 120 valence electrons. The van der Waals surface area contributed by atoms with Crippen molar-refractivity contribution in [2.45, 2.75) is 13.8 Å². The number of carbonyl (C=O) groups is 1. The van der Waals surface area contributed by atoms with Crippen molar-refractivity contribution in [1.82, 2.24) is 15.0 Å². The Bertz CT molecular complexity index is 867. The molecule has 5 heteroatoms. The van der Waals surface area contributed by atoms with Gasteiger partial charge in [0.05, 0.1) is 6.21 Å². The van der Waals surface area contributed by atoms with Crippen molar-refractivity contribution in [2.75, 3.05) is 0 Å². The highest BCUT2D eigenvalue weighted by Gasteiger charge is 2.09. The maximum absolute atomic E-state index is 11.9. The maximum atomic E-state index is 11.9. The third-order valence-electron chi connectivity index (χ3n) is 3.75. The maximum Gasteiger partial charge on any atom is 0.289 e. The lowest BCUT2D eigenvalue weighted by atomic mass is 10.2. The third kappa shape index (κ3) is 3.25. The number of nitrogens with one attached hydrogen (secondary N) is 1. The Balaban J connectivity index is 1.78. The van der Waals surface area contributed by atoms with Gasteiger partial charge in [0.1, 0.15) is 5.69 Å². The number of aryl methyl sites for hydroxylation is 1. The molecular formula is C19H18N4O. The van der Waals surface area contributed by atoms with E-state index in [0.717, 1.165) is 22.6 Å². The van der Waals surface area contributed by atoms with Crippen LogP contribution in [0.3, 0.4) is 0 Å². The van der Waals surface area contributed by atoms with Crippen LogP contribution in [0.4, 0.5) is 0 Å². The van der Waals surface area contributed by atoms with Crippen LogP contribution in [0.2, 0.25) is 0 Å². The third-order valence-corrected chi connectivity index (χ3v) is 3.75. The lowest BCUT2D eigenvalue weighted by molar-refractivity contribution is 0.0950. The first kappa shape index (κ1) is 15.7. The molecule has 0 spiro atoms. The molecule has 0 saturated heterocycles. The minimum atomic E-state index is -0.330. The molecule has 1 amide bonds. The molecular weight excluding hydrogens is 300 g/mol. The van der Waals surface area contributed by atoms with Crippen LogP contribution in [0, 0.1) is 13.8 Å². The second-order valence-electron chi connectivity index (χ2n) is 5.41. The second kappa shape index (κ2) is 6.91. The van der Waals surface area contributed by atoms with Crippen molar-refractivity contribution in [3.63, 3.8) is 0 Å². The molecule has 0 atom stereocenters. The van der Waals surface area contributed by atoms with Crippen LogP contribution >= 0.6 is 0 Å². The van der Waals surface area contributed by atoms with Crippen LogP contribution in [0.5, 0.6) is 0 Å². The van der Waals surface area contributed by atoms with Crippen molar-refractivity contribution in [1.29, 1.82) is 0 Å². The summed E-state index contributed by atoms with van der Waals surface area (Å²) in [6.45, 7) is 4.08. The number of hydrogen-bond acceptors (Lipinski definition) is 3. The van der Waals surface area contributed by atoms with E-state index in [1.807, 2.05) is 38.1 Å². The average molecular weight is 318 g/mol. The molecule has 0 radical (unpaired) electrons. The van der Waals surface area contributed by atoms with Crippen LogP contribution in [-0.2, 0) is 0 Å². The predicted octanol–water partition coefficient (Wildman–Crippen LogP) is 3.25. The summed E-state index contributed by atoms with van der Waals surface area (Å²) in [5.74, 6) is -0.330. The van der Waals surface area contributed by atoms with Gasteiger partial charge < -0.3 is 4.57 Å². The number of aromatic nitrogens is 2. The molecule has 0 aliphatic carbocycles. The van der Waals surface area contributed by atoms with Gasteiger partial charge in [-0.3, -0.25) is 9.78 Å². The zero-order valence-corrected chi connectivity index (χ0v) is 13.6. The largest absolute Gasteiger partial charge is 0.318 e. The fourth-order valence-corrected chi connectivity index (χ4v) is 2.61. The molecule has 3 aromatic rings. The summed E-state index contributed by atoms with van der Waals surface area (Å²) in [5.41, 5.74) is 7.07. The van der Waals surface area contributed by atoms with Gasteiger partial charge in [-0.05, 0) is 44.2 Å². The number of pyridine rings is 1. The van der Waals surface area contributed by atoms with E-state index in [2.05, 4.69) is 32.2 Å². The van der Waals surface area contributed by atoms with Crippen molar-refractivity contribution >= 4 is 12.1 Å². The first-order chi connectivity index (χ1) is 11.7. The van der Waals surface area contributed by atoms with E-state index in [1.54, 1.807) is 30.6 Å². The van der Waals surface area contributed by atoms with Crippen LogP contribution in [0.1, 0.15) is 27.4 Å². The Morgan fingerprint density at radius 2 is 1.88 bits per heavy atom. The second-order valence-corrected chi connectivity index (χ2v) is 5.41. The smallest absolute Gasteiger partial charge is 0.289 e. The number of rotatable bonds is 4. The average Bonchev–Trinajstić information content (AvgIpc) is 2.90. The van der Waals surface area contributed by atoms with Gasteiger partial charge in [-0.15, -0.1) is 0 Å². The van der Waals surface area contributed by atoms with Gasteiger partial charge in [0.25, 0.3) is 5.91 Å². The van der Waals surface area contributed by atoms with E-state index in [-0.39, 0.29) is 5.91 Å². The van der Waals surface area contributed by atoms with E-state index < -0.39 is 0 Å². The Morgan fingerprint density at radius 3 is 2.58 bits per heavy atom. The van der Waals surface area contributed by atoms with E-state index in [9.17, 15) is 4.79 Å². The molecule has 2 heterocycles. The van der Waals surface area contributed by atoms with Crippen molar-refractivity contribution in [3.05, 3.63) is 83.4 Å². The van der Waals surface area contributed by atoms with E-state index in [1.165, 1.54) is 0 Å². The molecule has 3 rings (SSSR count).